The highest BCUT2D eigenvalue weighted by atomic mass is 32.1. The van der Waals surface area contributed by atoms with Crippen LogP contribution < -0.4 is 0 Å². The fraction of sp³-hybridized carbons (Fsp3) is 0.778. The maximum absolute atomic E-state index is 5.08. The van der Waals surface area contributed by atoms with Crippen molar-refractivity contribution in [2.45, 2.75) is 38.0 Å². The summed E-state index contributed by atoms with van der Waals surface area (Å²) in [5, 5.41) is 3.23. The average Bonchev–Trinajstić information content (AvgIpc) is 2.78. The van der Waals surface area contributed by atoms with Crippen LogP contribution in [0.2, 0.25) is 0 Å². The van der Waals surface area contributed by atoms with Gasteiger partial charge in [-0.3, -0.25) is 9.78 Å². The Labute approximate surface area is 83.2 Å². The minimum absolute atomic E-state index is 0.351. The molecular formula is C9H15N3S. The van der Waals surface area contributed by atoms with Crippen molar-refractivity contribution in [1.29, 1.82) is 0 Å². The molecule has 1 fully saturated rings. The molecule has 1 aliphatic carbocycles. The van der Waals surface area contributed by atoms with Crippen LogP contribution >= 0.6 is 12.2 Å². The van der Waals surface area contributed by atoms with Crippen molar-refractivity contribution >= 4 is 12.2 Å². The standard InChI is InChI=1S/C9H15N3S/c1-3-4-9(5-6-9)7-10-8(13)12(2)11-7/h3-6H2,1-2H3,(H,10,11,13). The molecule has 4 heteroatoms. The van der Waals surface area contributed by atoms with E-state index in [0.717, 1.165) is 5.82 Å². The number of aryl methyl sites for hydroxylation is 1. The van der Waals surface area contributed by atoms with Gasteiger partial charge in [0.15, 0.2) is 0 Å². The molecule has 0 amide bonds. The van der Waals surface area contributed by atoms with Gasteiger partial charge in [0.25, 0.3) is 0 Å². The van der Waals surface area contributed by atoms with Crippen LogP contribution in [0.15, 0.2) is 0 Å². The van der Waals surface area contributed by atoms with E-state index in [1.54, 1.807) is 0 Å². The number of aromatic amines is 1. The molecule has 0 aliphatic heterocycles. The maximum atomic E-state index is 5.08. The molecule has 0 aromatic carbocycles. The minimum Gasteiger partial charge on any atom is -0.283 e. The lowest BCUT2D eigenvalue weighted by Gasteiger charge is -2.08. The van der Waals surface area contributed by atoms with Crippen LogP contribution in [0.1, 0.15) is 38.4 Å². The zero-order chi connectivity index (χ0) is 9.47. The van der Waals surface area contributed by atoms with Gasteiger partial charge < -0.3 is 0 Å². The van der Waals surface area contributed by atoms with Gasteiger partial charge in [0, 0.05) is 12.5 Å². The van der Waals surface area contributed by atoms with Gasteiger partial charge in [-0.15, -0.1) is 0 Å². The van der Waals surface area contributed by atoms with E-state index < -0.39 is 0 Å². The van der Waals surface area contributed by atoms with Crippen molar-refractivity contribution in [2.24, 2.45) is 7.05 Å². The molecule has 1 heterocycles. The van der Waals surface area contributed by atoms with E-state index in [0.29, 0.717) is 10.2 Å². The molecule has 1 saturated carbocycles. The third-order valence-electron chi connectivity index (χ3n) is 2.85. The molecule has 3 nitrogen and oxygen atoms in total. The Morgan fingerprint density at radius 2 is 2.31 bits per heavy atom. The minimum atomic E-state index is 0.351. The van der Waals surface area contributed by atoms with Gasteiger partial charge in [-0.25, -0.2) is 4.98 Å². The number of hydrogen-bond donors (Lipinski definition) is 1. The molecule has 1 N–H and O–H groups in total. The monoisotopic (exact) mass is 197 g/mol. The molecule has 1 aromatic heterocycles. The zero-order valence-corrected chi connectivity index (χ0v) is 8.95. The van der Waals surface area contributed by atoms with Crippen LogP contribution in [0, 0.1) is 4.77 Å². The first-order chi connectivity index (χ1) is 6.18. The van der Waals surface area contributed by atoms with Crippen LogP contribution in [0.3, 0.4) is 0 Å². The molecule has 72 valence electrons. The molecule has 13 heavy (non-hydrogen) atoms. The smallest absolute Gasteiger partial charge is 0.215 e. The van der Waals surface area contributed by atoms with Crippen LogP contribution in [-0.2, 0) is 12.5 Å². The summed E-state index contributed by atoms with van der Waals surface area (Å²) in [4.78, 5) is 4.39. The Bertz CT molecular complexity index is 359. The maximum Gasteiger partial charge on any atom is 0.215 e. The summed E-state index contributed by atoms with van der Waals surface area (Å²) in [6.45, 7) is 2.22. The molecule has 0 saturated heterocycles. The molecule has 0 atom stereocenters. The zero-order valence-electron chi connectivity index (χ0n) is 8.13. The summed E-state index contributed by atoms with van der Waals surface area (Å²) in [6, 6.07) is 0. The molecular weight excluding hydrogens is 182 g/mol. The number of hydrogen-bond acceptors (Lipinski definition) is 2. The Kier molecular flexibility index (Phi) is 2.02. The van der Waals surface area contributed by atoms with E-state index >= 15 is 0 Å². The van der Waals surface area contributed by atoms with Crippen molar-refractivity contribution in [3.8, 4) is 0 Å². The van der Waals surface area contributed by atoms with Gasteiger partial charge in [-0.2, -0.15) is 0 Å². The third-order valence-corrected chi connectivity index (χ3v) is 3.22. The van der Waals surface area contributed by atoms with E-state index in [1.807, 2.05) is 11.7 Å². The van der Waals surface area contributed by atoms with Crippen molar-refractivity contribution in [3.05, 3.63) is 10.6 Å². The average molecular weight is 197 g/mol. The number of nitrogens with zero attached hydrogens (tertiary/aromatic N) is 2. The molecule has 0 unspecified atom stereocenters. The van der Waals surface area contributed by atoms with E-state index in [1.165, 1.54) is 25.7 Å². The second-order valence-corrected chi connectivity index (χ2v) is 4.31. The Balaban J connectivity index is 2.30. The number of rotatable bonds is 3. The first-order valence-electron chi connectivity index (χ1n) is 4.81. The lowest BCUT2D eigenvalue weighted by atomic mass is 10.0. The first kappa shape index (κ1) is 8.94. The predicted octanol–water partition coefficient (Wildman–Crippen LogP) is 2.31. The van der Waals surface area contributed by atoms with Crippen molar-refractivity contribution in [3.63, 3.8) is 0 Å². The molecule has 1 aromatic rings. The summed E-state index contributed by atoms with van der Waals surface area (Å²) in [6.07, 6.45) is 4.98. The van der Waals surface area contributed by atoms with E-state index in [4.69, 9.17) is 12.2 Å². The Morgan fingerprint density at radius 1 is 1.62 bits per heavy atom. The summed E-state index contributed by atoms with van der Waals surface area (Å²) in [5.41, 5.74) is 0.351. The van der Waals surface area contributed by atoms with Crippen LogP contribution in [-0.4, -0.2) is 14.8 Å². The summed E-state index contributed by atoms with van der Waals surface area (Å²) in [5.74, 6) is 1.10. The predicted molar refractivity (Wildman–Crippen MR) is 54.2 cm³/mol. The van der Waals surface area contributed by atoms with Gasteiger partial charge in [-0.05, 0) is 31.5 Å². The summed E-state index contributed by atoms with van der Waals surface area (Å²) < 4.78 is 2.48. The topological polar surface area (TPSA) is 33.6 Å². The highest BCUT2D eigenvalue weighted by Gasteiger charge is 2.46. The van der Waals surface area contributed by atoms with Crippen LogP contribution in [0.5, 0.6) is 0 Å². The molecule has 1 aliphatic rings. The van der Waals surface area contributed by atoms with Gasteiger partial charge in [0.05, 0.1) is 0 Å². The summed E-state index contributed by atoms with van der Waals surface area (Å²) >= 11 is 5.08. The van der Waals surface area contributed by atoms with E-state index in [-0.39, 0.29) is 0 Å². The summed E-state index contributed by atoms with van der Waals surface area (Å²) in [7, 11) is 1.92. The van der Waals surface area contributed by atoms with Crippen molar-refractivity contribution in [2.75, 3.05) is 0 Å². The normalized spacial score (nSPS) is 18.9. The van der Waals surface area contributed by atoms with Crippen molar-refractivity contribution in [1.82, 2.24) is 14.8 Å². The van der Waals surface area contributed by atoms with Gasteiger partial charge >= 0.3 is 0 Å². The SMILES string of the molecule is CCCC1(c2nc(=S)n(C)[nH]2)CC1. The van der Waals surface area contributed by atoms with Crippen molar-refractivity contribution < 1.29 is 0 Å². The molecule has 0 spiro atoms. The molecule has 0 radical (unpaired) electrons. The number of aromatic nitrogens is 3. The van der Waals surface area contributed by atoms with Crippen LogP contribution in [0.4, 0.5) is 0 Å². The van der Waals surface area contributed by atoms with Gasteiger partial charge in [-0.1, -0.05) is 13.3 Å². The largest absolute Gasteiger partial charge is 0.283 e. The highest BCUT2D eigenvalue weighted by molar-refractivity contribution is 7.71. The Hall–Kier alpha value is -0.640. The number of H-pyrrole nitrogens is 1. The first-order valence-corrected chi connectivity index (χ1v) is 5.22. The number of nitrogens with one attached hydrogen (secondary N) is 1. The fourth-order valence-corrected chi connectivity index (χ4v) is 2.01. The molecule has 0 bridgehead atoms. The second kappa shape index (κ2) is 2.94. The van der Waals surface area contributed by atoms with E-state index in [2.05, 4.69) is 17.0 Å². The third kappa shape index (κ3) is 1.43. The van der Waals surface area contributed by atoms with Gasteiger partial charge in [0.1, 0.15) is 5.82 Å². The fourth-order valence-electron chi connectivity index (χ4n) is 1.87. The molecule has 2 rings (SSSR count). The highest BCUT2D eigenvalue weighted by Crippen LogP contribution is 2.50. The second-order valence-electron chi connectivity index (χ2n) is 3.94. The van der Waals surface area contributed by atoms with E-state index in [9.17, 15) is 0 Å². The quantitative estimate of drug-likeness (QED) is 0.754. The lowest BCUT2D eigenvalue weighted by Crippen LogP contribution is -2.08. The van der Waals surface area contributed by atoms with Crippen LogP contribution in [0.25, 0.3) is 0 Å². The van der Waals surface area contributed by atoms with Gasteiger partial charge in [0.2, 0.25) is 4.77 Å². The Morgan fingerprint density at radius 3 is 2.69 bits per heavy atom. The lowest BCUT2D eigenvalue weighted by molar-refractivity contribution is 0.563.